The van der Waals surface area contributed by atoms with Gasteiger partial charge in [-0.15, -0.1) is 0 Å². The van der Waals surface area contributed by atoms with Gasteiger partial charge >= 0.3 is 5.97 Å². The summed E-state index contributed by atoms with van der Waals surface area (Å²) >= 11 is 0. The fourth-order valence-electron chi connectivity index (χ4n) is 2.56. The Kier molecular flexibility index (Phi) is 3.44. The summed E-state index contributed by atoms with van der Waals surface area (Å²) in [4.78, 5) is 23.5. The largest absolute Gasteiger partial charge is 0.492 e. The molecule has 0 aromatic heterocycles. The molecule has 4 nitrogen and oxygen atoms in total. The maximum absolute atomic E-state index is 12.6. The molecule has 0 unspecified atom stereocenters. The second-order valence-corrected chi connectivity index (χ2v) is 5.00. The van der Waals surface area contributed by atoms with Gasteiger partial charge in [0.05, 0.1) is 18.6 Å². The maximum Gasteiger partial charge on any atom is 0.307 e. The Morgan fingerprint density at radius 3 is 2.62 bits per heavy atom. The van der Waals surface area contributed by atoms with Gasteiger partial charge in [0, 0.05) is 12.0 Å². The summed E-state index contributed by atoms with van der Waals surface area (Å²) in [6.07, 6.45) is 0.611. The first-order valence-corrected chi connectivity index (χ1v) is 6.75. The minimum absolute atomic E-state index is 0.0949. The Bertz CT molecular complexity index is 704. The zero-order chi connectivity index (χ0) is 14.8. The third-order valence-electron chi connectivity index (χ3n) is 3.48. The molecule has 2 aromatic carbocycles. The lowest BCUT2D eigenvalue weighted by Crippen LogP contribution is -2.07. The molecular weight excluding hydrogens is 268 g/mol. The summed E-state index contributed by atoms with van der Waals surface area (Å²) in [7, 11) is 0. The predicted molar refractivity (Wildman–Crippen MR) is 76.9 cm³/mol. The van der Waals surface area contributed by atoms with Crippen molar-refractivity contribution in [3.05, 3.63) is 64.7 Å². The first-order chi connectivity index (χ1) is 10.1. The molecule has 1 heterocycles. The molecule has 3 rings (SSSR count). The van der Waals surface area contributed by atoms with Gasteiger partial charge in [0.25, 0.3) is 0 Å². The Labute approximate surface area is 122 Å². The molecular formula is C17H14O4. The van der Waals surface area contributed by atoms with E-state index in [1.54, 1.807) is 30.3 Å². The fraction of sp³-hybridized carbons (Fsp3) is 0.176. The molecule has 0 radical (unpaired) electrons. The molecule has 0 aliphatic carbocycles. The van der Waals surface area contributed by atoms with Crippen LogP contribution in [0.15, 0.2) is 42.5 Å². The van der Waals surface area contributed by atoms with E-state index in [0.717, 1.165) is 5.56 Å². The number of ketones is 1. The van der Waals surface area contributed by atoms with Crippen molar-refractivity contribution in [2.45, 2.75) is 12.8 Å². The van der Waals surface area contributed by atoms with Crippen LogP contribution in [0.5, 0.6) is 5.75 Å². The van der Waals surface area contributed by atoms with E-state index >= 15 is 0 Å². The van der Waals surface area contributed by atoms with Crippen molar-refractivity contribution in [3.63, 3.8) is 0 Å². The lowest BCUT2D eigenvalue weighted by atomic mass is 9.96. The van der Waals surface area contributed by atoms with Crippen LogP contribution in [-0.2, 0) is 17.6 Å². The van der Waals surface area contributed by atoms with Crippen molar-refractivity contribution in [2.75, 3.05) is 6.61 Å². The van der Waals surface area contributed by atoms with Crippen LogP contribution in [0, 0.1) is 0 Å². The summed E-state index contributed by atoms with van der Waals surface area (Å²) in [5.74, 6) is -0.453. The molecule has 0 spiro atoms. The summed E-state index contributed by atoms with van der Waals surface area (Å²) < 4.78 is 5.56. The van der Waals surface area contributed by atoms with Crippen molar-refractivity contribution >= 4 is 11.8 Å². The van der Waals surface area contributed by atoms with Gasteiger partial charge in [-0.3, -0.25) is 9.59 Å². The van der Waals surface area contributed by atoms with E-state index in [2.05, 4.69) is 0 Å². The highest BCUT2D eigenvalue weighted by molar-refractivity contribution is 6.11. The third kappa shape index (κ3) is 2.65. The molecule has 1 aliphatic rings. The van der Waals surface area contributed by atoms with Crippen molar-refractivity contribution in [1.82, 2.24) is 0 Å². The lowest BCUT2D eigenvalue weighted by molar-refractivity contribution is -0.136. The van der Waals surface area contributed by atoms with E-state index in [9.17, 15) is 9.59 Å². The van der Waals surface area contributed by atoms with E-state index in [1.165, 1.54) is 0 Å². The van der Waals surface area contributed by atoms with E-state index in [4.69, 9.17) is 9.84 Å². The topological polar surface area (TPSA) is 63.6 Å². The summed E-state index contributed by atoms with van der Waals surface area (Å²) in [5.41, 5.74) is 2.56. The average Bonchev–Trinajstić information content (AvgIpc) is 2.94. The normalized spacial score (nSPS) is 12.6. The van der Waals surface area contributed by atoms with Gasteiger partial charge in [0.15, 0.2) is 5.78 Å². The molecule has 21 heavy (non-hydrogen) atoms. The Balaban J connectivity index is 2.06. The average molecular weight is 282 g/mol. The van der Waals surface area contributed by atoms with Crippen LogP contribution in [0.2, 0.25) is 0 Å². The smallest absolute Gasteiger partial charge is 0.307 e. The molecule has 0 bridgehead atoms. The number of carbonyl (C=O) groups is 2. The minimum atomic E-state index is -0.910. The minimum Gasteiger partial charge on any atom is -0.492 e. The van der Waals surface area contributed by atoms with Crippen LogP contribution in [-0.4, -0.2) is 23.5 Å². The summed E-state index contributed by atoms with van der Waals surface area (Å²) in [6, 6.07) is 12.4. The molecule has 0 amide bonds. The molecule has 0 saturated carbocycles. The van der Waals surface area contributed by atoms with Crippen LogP contribution in [0.1, 0.15) is 27.0 Å². The Morgan fingerprint density at radius 2 is 1.90 bits per heavy atom. The highest BCUT2D eigenvalue weighted by atomic mass is 16.5. The molecule has 1 N–H and O–H groups in total. The zero-order valence-corrected chi connectivity index (χ0v) is 11.3. The van der Waals surface area contributed by atoms with Gasteiger partial charge in [-0.25, -0.2) is 0 Å². The maximum atomic E-state index is 12.6. The number of hydrogen-bond acceptors (Lipinski definition) is 3. The van der Waals surface area contributed by atoms with Crippen LogP contribution in [0.4, 0.5) is 0 Å². The number of fused-ring (bicyclic) bond motifs is 1. The van der Waals surface area contributed by atoms with Crippen LogP contribution in [0.25, 0.3) is 0 Å². The highest BCUT2D eigenvalue weighted by Crippen LogP contribution is 2.32. The third-order valence-corrected chi connectivity index (χ3v) is 3.48. The van der Waals surface area contributed by atoms with Gasteiger partial charge in [-0.05, 0) is 17.2 Å². The first-order valence-electron chi connectivity index (χ1n) is 6.75. The van der Waals surface area contributed by atoms with E-state index in [-0.39, 0.29) is 12.2 Å². The van der Waals surface area contributed by atoms with Crippen LogP contribution >= 0.6 is 0 Å². The molecule has 0 atom stereocenters. The highest BCUT2D eigenvalue weighted by Gasteiger charge is 2.23. The van der Waals surface area contributed by atoms with Crippen molar-refractivity contribution < 1.29 is 19.4 Å². The number of carboxylic acids is 1. The second kappa shape index (κ2) is 5.40. The van der Waals surface area contributed by atoms with E-state index in [0.29, 0.717) is 35.5 Å². The van der Waals surface area contributed by atoms with Crippen molar-refractivity contribution in [1.29, 1.82) is 0 Å². The second-order valence-electron chi connectivity index (χ2n) is 5.00. The number of benzene rings is 2. The standard InChI is InChI=1S/C17H14O4/c18-15(19)10-11-8-13-6-7-21-17(13)14(9-11)16(20)12-4-2-1-3-5-12/h1-5,8-9H,6-7,10H2,(H,18,19). The Morgan fingerprint density at radius 1 is 1.14 bits per heavy atom. The monoisotopic (exact) mass is 282 g/mol. The van der Waals surface area contributed by atoms with Gasteiger partial charge in [-0.1, -0.05) is 36.4 Å². The van der Waals surface area contributed by atoms with E-state index in [1.807, 2.05) is 12.1 Å². The Hall–Kier alpha value is -2.62. The first kappa shape index (κ1) is 13.4. The van der Waals surface area contributed by atoms with Gasteiger partial charge in [0.1, 0.15) is 5.75 Å². The number of rotatable bonds is 4. The fourth-order valence-corrected chi connectivity index (χ4v) is 2.56. The molecule has 106 valence electrons. The number of ether oxygens (including phenoxy) is 1. The molecule has 0 fully saturated rings. The van der Waals surface area contributed by atoms with Crippen LogP contribution in [0.3, 0.4) is 0 Å². The number of hydrogen-bond donors (Lipinski definition) is 1. The predicted octanol–water partition coefficient (Wildman–Crippen LogP) is 2.48. The quantitative estimate of drug-likeness (QED) is 0.875. The lowest BCUT2D eigenvalue weighted by Gasteiger charge is -2.10. The SMILES string of the molecule is O=C(O)Cc1cc2c(c(C(=O)c3ccccc3)c1)OCC2. The van der Waals surface area contributed by atoms with E-state index < -0.39 is 5.97 Å². The molecule has 4 heteroatoms. The number of carbonyl (C=O) groups excluding carboxylic acids is 1. The summed E-state index contributed by atoms with van der Waals surface area (Å²) in [5, 5.41) is 8.95. The summed E-state index contributed by atoms with van der Waals surface area (Å²) in [6.45, 7) is 0.529. The zero-order valence-electron chi connectivity index (χ0n) is 11.3. The molecule has 0 saturated heterocycles. The van der Waals surface area contributed by atoms with Crippen LogP contribution < -0.4 is 4.74 Å². The van der Waals surface area contributed by atoms with Crippen molar-refractivity contribution in [2.24, 2.45) is 0 Å². The van der Waals surface area contributed by atoms with Gasteiger partial charge in [-0.2, -0.15) is 0 Å². The van der Waals surface area contributed by atoms with Gasteiger partial charge < -0.3 is 9.84 Å². The number of aliphatic carboxylic acids is 1. The van der Waals surface area contributed by atoms with Crippen molar-refractivity contribution in [3.8, 4) is 5.75 Å². The van der Waals surface area contributed by atoms with Gasteiger partial charge in [0.2, 0.25) is 0 Å². The number of carboxylic acid groups (broad SMARTS) is 1. The molecule has 2 aromatic rings. The molecule has 1 aliphatic heterocycles.